The van der Waals surface area contributed by atoms with Crippen LogP contribution in [0.5, 0.6) is 0 Å². The summed E-state index contributed by atoms with van der Waals surface area (Å²) in [6.45, 7) is 7.76. The first-order valence-electron chi connectivity index (χ1n) is 5.90. The van der Waals surface area contributed by atoms with E-state index in [4.69, 9.17) is 11.6 Å². The van der Waals surface area contributed by atoms with Crippen molar-refractivity contribution in [2.45, 2.75) is 39.4 Å². The lowest BCUT2D eigenvalue weighted by atomic mass is 10.2. The Morgan fingerprint density at radius 3 is 2.59 bits per heavy atom. The van der Waals surface area contributed by atoms with E-state index < -0.39 is 0 Å². The molecule has 1 rings (SSSR count). The molecular formula is C13H20ClFN2. The van der Waals surface area contributed by atoms with Gasteiger partial charge in [0, 0.05) is 25.2 Å². The first-order valence-corrected chi connectivity index (χ1v) is 6.28. The van der Waals surface area contributed by atoms with Gasteiger partial charge < -0.3 is 10.6 Å². The van der Waals surface area contributed by atoms with Crippen molar-refractivity contribution in [3.8, 4) is 0 Å². The van der Waals surface area contributed by atoms with Crippen molar-refractivity contribution < 1.29 is 4.39 Å². The van der Waals surface area contributed by atoms with Crippen molar-refractivity contribution in [1.29, 1.82) is 0 Å². The molecular weight excluding hydrogens is 239 g/mol. The molecule has 0 radical (unpaired) electrons. The van der Waals surface area contributed by atoms with Crippen LogP contribution in [0, 0.1) is 5.82 Å². The Labute approximate surface area is 108 Å². The summed E-state index contributed by atoms with van der Waals surface area (Å²) in [7, 11) is 0. The van der Waals surface area contributed by atoms with Crippen LogP contribution in [0.3, 0.4) is 0 Å². The van der Waals surface area contributed by atoms with E-state index in [1.165, 1.54) is 6.07 Å². The van der Waals surface area contributed by atoms with Crippen LogP contribution in [-0.4, -0.2) is 18.6 Å². The van der Waals surface area contributed by atoms with Crippen LogP contribution in [-0.2, 0) is 6.54 Å². The van der Waals surface area contributed by atoms with Gasteiger partial charge >= 0.3 is 0 Å². The number of hydrogen-bond acceptors (Lipinski definition) is 2. The summed E-state index contributed by atoms with van der Waals surface area (Å²) in [5, 5.41) is 6.86. The Hall–Kier alpha value is -0.640. The van der Waals surface area contributed by atoms with E-state index in [0.29, 0.717) is 18.6 Å². The molecule has 0 aromatic heterocycles. The monoisotopic (exact) mass is 258 g/mol. The second-order valence-electron chi connectivity index (χ2n) is 4.56. The van der Waals surface area contributed by atoms with Gasteiger partial charge in [0.1, 0.15) is 5.82 Å². The molecule has 17 heavy (non-hydrogen) atoms. The van der Waals surface area contributed by atoms with Crippen LogP contribution in [0.15, 0.2) is 18.2 Å². The first kappa shape index (κ1) is 14.4. The number of halogens is 2. The summed E-state index contributed by atoms with van der Waals surface area (Å²) in [6.07, 6.45) is 0. The molecule has 0 fully saturated rings. The molecule has 0 aliphatic heterocycles. The second kappa shape index (κ2) is 6.94. The molecule has 0 saturated heterocycles. The highest BCUT2D eigenvalue weighted by Crippen LogP contribution is 2.19. The molecule has 0 saturated carbocycles. The van der Waals surface area contributed by atoms with Crippen molar-refractivity contribution in [2.24, 2.45) is 0 Å². The van der Waals surface area contributed by atoms with E-state index in [9.17, 15) is 4.39 Å². The third kappa shape index (κ3) is 5.02. The van der Waals surface area contributed by atoms with Crippen molar-refractivity contribution >= 4 is 11.6 Å². The topological polar surface area (TPSA) is 24.1 Å². The molecule has 0 amide bonds. The van der Waals surface area contributed by atoms with Gasteiger partial charge in [-0.25, -0.2) is 4.39 Å². The summed E-state index contributed by atoms with van der Waals surface area (Å²) >= 11 is 5.87. The highest BCUT2D eigenvalue weighted by atomic mass is 35.5. The van der Waals surface area contributed by atoms with Crippen LogP contribution >= 0.6 is 11.6 Å². The molecule has 1 aromatic carbocycles. The first-order chi connectivity index (χ1) is 8.00. The van der Waals surface area contributed by atoms with E-state index in [-0.39, 0.29) is 10.8 Å². The molecule has 2 N–H and O–H groups in total. The van der Waals surface area contributed by atoms with Gasteiger partial charge in [0.25, 0.3) is 0 Å². The molecule has 0 aliphatic carbocycles. The second-order valence-corrected chi connectivity index (χ2v) is 4.94. The molecule has 1 atom stereocenters. The Balaban J connectivity index is 2.42. The van der Waals surface area contributed by atoms with Crippen molar-refractivity contribution in [3.63, 3.8) is 0 Å². The fraction of sp³-hybridized carbons (Fsp3) is 0.538. The van der Waals surface area contributed by atoms with Gasteiger partial charge in [0.15, 0.2) is 0 Å². The smallest absolute Gasteiger partial charge is 0.142 e. The quantitative estimate of drug-likeness (QED) is 0.820. The minimum atomic E-state index is -0.362. The SMILES string of the molecule is CC(C)NCC(C)NCc1cccc(F)c1Cl. The maximum absolute atomic E-state index is 13.2. The highest BCUT2D eigenvalue weighted by Gasteiger charge is 2.07. The maximum Gasteiger partial charge on any atom is 0.142 e. The Morgan fingerprint density at radius 1 is 1.24 bits per heavy atom. The lowest BCUT2D eigenvalue weighted by Gasteiger charge is -2.17. The lowest BCUT2D eigenvalue weighted by molar-refractivity contribution is 0.473. The van der Waals surface area contributed by atoms with Crippen LogP contribution in [0.25, 0.3) is 0 Å². The summed E-state index contributed by atoms with van der Waals surface area (Å²) in [6, 6.07) is 5.67. The third-order valence-corrected chi connectivity index (χ3v) is 2.93. The van der Waals surface area contributed by atoms with E-state index in [1.807, 2.05) is 6.07 Å². The third-order valence-electron chi connectivity index (χ3n) is 2.50. The van der Waals surface area contributed by atoms with Crippen molar-refractivity contribution in [1.82, 2.24) is 10.6 Å². The molecule has 96 valence electrons. The van der Waals surface area contributed by atoms with Gasteiger partial charge in [-0.3, -0.25) is 0 Å². The van der Waals surface area contributed by atoms with Crippen LogP contribution in [0.4, 0.5) is 4.39 Å². The van der Waals surface area contributed by atoms with Crippen molar-refractivity contribution in [3.05, 3.63) is 34.6 Å². The molecule has 0 spiro atoms. The standard InChI is InChI=1S/C13H20ClFN2/c1-9(2)16-7-10(3)17-8-11-5-4-6-12(15)13(11)14/h4-6,9-10,16-17H,7-8H2,1-3H3. The molecule has 0 aliphatic rings. The van der Waals surface area contributed by atoms with E-state index in [1.54, 1.807) is 6.07 Å². The predicted octanol–water partition coefficient (Wildman–Crippen LogP) is 2.96. The van der Waals surface area contributed by atoms with Gasteiger partial charge in [0.05, 0.1) is 5.02 Å². The van der Waals surface area contributed by atoms with Gasteiger partial charge in [-0.05, 0) is 18.6 Å². The molecule has 1 unspecified atom stereocenters. The molecule has 0 heterocycles. The molecule has 4 heteroatoms. The normalized spacial score (nSPS) is 13.1. The number of nitrogens with one attached hydrogen (secondary N) is 2. The maximum atomic E-state index is 13.2. The van der Waals surface area contributed by atoms with Crippen LogP contribution in [0.1, 0.15) is 26.3 Å². The zero-order valence-corrected chi connectivity index (χ0v) is 11.3. The minimum absolute atomic E-state index is 0.212. The summed E-state index contributed by atoms with van der Waals surface area (Å²) in [4.78, 5) is 0. The van der Waals surface area contributed by atoms with Gasteiger partial charge in [-0.1, -0.05) is 37.6 Å². The van der Waals surface area contributed by atoms with Gasteiger partial charge in [-0.15, -0.1) is 0 Å². The Kier molecular flexibility index (Phi) is 5.89. The van der Waals surface area contributed by atoms with Gasteiger partial charge in [-0.2, -0.15) is 0 Å². The average molecular weight is 259 g/mol. The zero-order valence-electron chi connectivity index (χ0n) is 10.6. The predicted molar refractivity (Wildman–Crippen MR) is 70.9 cm³/mol. The molecule has 0 bridgehead atoms. The summed E-state index contributed by atoms with van der Waals surface area (Å²) < 4.78 is 13.2. The fourth-order valence-corrected chi connectivity index (χ4v) is 1.65. The summed E-state index contributed by atoms with van der Waals surface area (Å²) in [5.74, 6) is -0.362. The highest BCUT2D eigenvalue weighted by molar-refractivity contribution is 6.31. The largest absolute Gasteiger partial charge is 0.313 e. The fourth-order valence-electron chi connectivity index (χ4n) is 1.45. The zero-order chi connectivity index (χ0) is 12.8. The van der Waals surface area contributed by atoms with Crippen LogP contribution in [0.2, 0.25) is 5.02 Å². The molecule has 1 aromatic rings. The number of hydrogen-bond donors (Lipinski definition) is 2. The minimum Gasteiger partial charge on any atom is -0.313 e. The van der Waals surface area contributed by atoms with E-state index in [0.717, 1.165) is 12.1 Å². The van der Waals surface area contributed by atoms with Crippen molar-refractivity contribution in [2.75, 3.05) is 6.54 Å². The van der Waals surface area contributed by atoms with Crippen LogP contribution < -0.4 is 10.6 Å². The summed E-state index contributed by atoms with van der Waals surface area (Å²) in [5.41, 5.74) is 0.795. The van der Waals surface area contributed by atoms with E-state index >= 15 is 0 Å². The van der Waals surface area contributed by atoms with Gasteiger partial charge in [0.2, 0.25) is 0 Å². The number of benzene rings is 1. The number of rotatable bonds is 6. The average Bonchev–Trinajstić information content (AvgIpc) is 2.28. The van der Waals surface area contributed by atoms with E-state index in [2.05, 4.69) is 31.4 Å². The lowest BCUT2D eigenvalue weighted by Crippen LogP contribution is -2.38. The Bertz CT molecular complexity index is 355. The molecule has 2 nitrogen and oxygen atoms in total. The Morgan fingerprint density at radius 2 is 1.94 bits per heavy atom.